The topological polar surface area (TPSA) is 62.7 Å². The van der Waals surface area contributed by atoms with Crippen LogP contribution < -0.4 is 10.6 Å². The van der Waals surface area contributed by atoms with Crippen molar-refractivity contribution in [2.75, 3.05) is 38.8 Å². The third-order valence-electron chi connectivity index (χ3n) is 5.26. The van der Waals surface area contributed by atoms with Gasteiger partial charge in [0.05, 0.1) is 0 Å². The number of rotatable bonds is 6. The molecular formula is C17H34IN3O2S2. The minimum atomic E-state index is -0.684. The molecule has 0 radical (unpaired) electrons. The third kappa shape index (κ3) is 7.18. The first-order valence-electron chi connectivity index (χ1n) is 9.09. The molecule has 0 amide bonds. The molecule has 3 unspecified atom stereocenters. The zero-order chi connectivity index (χ0) is 17.4. The third-order valence-corrected chi connectivity index (χ3v) is 8.42. The number of guanidine groups is 1. The Labute approximate surface area is 176 Å². The minimum Gasteiger partial charge on any atom is -0.381 e. The number of hydrogen-bond acceptors (Lipinski definition) is 4. The average Bonchev–Trinajstić information content (AvgIpc) is 2.65. The van der Waals surface area contributed by atoms with Crippen molar-refractivity contribution in [3.63, 3.8) is 0 Å². The van der Waals surface area contributed by atoms with Gasteiger partial charge >= 0.3 is 0 Å². The summed E-state index contributed by atoms with van der Waals surface area (Å²) in [5, 5.41) is 7.42. The van der Waals surface area contributed by atoms with Gasteiger partial charge in [-0.3, -0.25) is 9.20 Å². The molecule has 1 aliphatic heterocycles. The summed E-state index contributed by atoms with van der Waals surface area (Å²) in [4.78, 5) is 4.40. The van der Waals surface area contributed by atoms with Crippen molar-refractivity contribution in [2.45, 2.75) is 61.5 Å². The van der Waals surface area contributed by atoms with Crippen LogP contribution in [0.25, 0.3) is 0 Å². The Kier molecular flexibility index (Phi) is 11.3. The molecule has 2 fully saturated rings. The molecule has 5 nitrogen and oxygen atoms in total. The summed E-state index contributed by atoms with van der Waals surface area (Å²) < 4.78 is 17.9. The second-order valence-electron chi connectivity index (χ2n) is 6.72. The molecule has 0 bridgehead atoms. The highest BCUT2D eigenvalue weighted by Crippen LogP contribution is 2.33. The Morgan fingerprint density at radius 1 is 1.36 bits per heavy atom. The Morgan fingerprint density at radius 2 is 2.08 bits per heavy atom. The predicted molar refractivity (Wildman–Crippen MR) is 121 cm³/mol. The van der Waals surface area contributed by atoms with Gasteiger partial charge in [-0.15, -0.1) is 24.0 Å². The lowest BCUT2D eigenvalue weighted by Crippen LogP contribution is -2.51. The molecule has 148 valence electrons. The molecule has 0 aromatic heterocycles. The van der Waals surface area contributed by atoms with E-state index >= 15 is 0 Å². The predicted octanol–water partition coefficient (Wildman–Crippen LogP) is 2.76. The lowest BCUT2D eigenvalue weighted by Gasteiger charge is -2.37. The van der Waals surface area contributed by atoms with E-state index < -0.39 is 10.8 Å². The normalized spacial score (nSPS) is 27.9. The molecule has 0 aromatic carbocycles. The summed E-state index contributed by atoms with van der Waals surface area (Å²) in [6.45, 7) is 4.63. The Morgan fingerprint density at radius 3 is 2.68 bits per heavy atom. The summed E-state index contributed by atoms with van der Waals surface area (Å²) >= 11 is 1.93. The van der Waals surface area contributed by atoms with Crippen LogP contribution in [0.4, 0.5) is 0 Å². The Bertz CT molecular complexity index is 446. The fourth-order valence-electron chi connectivity index (χ4n) is 3.58. The van der Waals surface area contributed by atoms with Gasteiger partial charge in [-0.1, -0.05) is 13.3 Å². The van der Waals surface area contributed by atoms with E-state index in [4.69, 9.17) is 4.74 Å². The standard InChI is InChI=1S/C17H33N3O2S2.HI/c1-4-24(21)15-7-5-6-14(12-15)20-16(18-2)19-13-17(23-3)8-10-22-11-9-17;/h14-15H,4-13H2,1-3H3,(H2,18,19,20);1H. The summed E-state index contributed by atoms with van der Waals surface area (Å²) in [5.74, 6) is 1.64. The van der Waals surface area contributed by atoms with Crippen molar-refractivity contribution in [3.05, 3.63) is 0 Å². The number of halogens is 1. The zero-order valence-corrected chi connectivity index (χ0v) is 19.7. The molecule has 0 spiro atoms. The van der Waals surface area contributed by atoms with Crippen molar-refractivity contribution in [1.29, 1.82) is 0 Å². The lowest BCUT2D eigenvalue weighted by molar-refractivity contribution is 0.0782. The highest BCUT2D eigenvalue weighted by molar-refractivity contribution is 14.0. The van der Waals surface area contributed by atoms with Gasteiger partial charge in [-0.2, -0.15) is 11.8 Å². The quantitative estimate of drug-likeness (QED) is 0.332. The largest absolute Gasteiger partial charge is 0.381 e. The van der Waals surface area contributed by atoms with Crippen LogP contribution in [0.2, 0.25) is 0 Å². The first kappa shape index (κ1) is 23.5. The molecule has 1 saturated heterocycles. The van der Waals surface area contributed by atoms with Gasteiger partial charge in [0.1, 0.15) is 0 Å². The molecule has 0 aromatic rings. The van der Waals surface area contributed by atoms with Gasteiger partial charge < -0.3 is 15.4 Å². The summed E-state index contributed by atoms with van der Waals surface area (Å²) in [7, 11) is 1.14. The van der Waals surface area contributed by atoms with E-state index in [2.05, 4.69) is 21.9 Å². The number of ether oxygens (including phenoxy) is 1. The van der Waals surface area contributed by atoms with Gasteiger partial charge in [-0.25, -0.2) is 0 Å². The van der Waals surface area contributed by atoms with E-state index in [0.29, 0.717) is 11.3 Å². The maximum atomic E-state index is 12.1. The monoisotopic (exact) mass is 503 g/mol. The van der Waals surface area contributed by atoms with Crippen LogP contribution in [0.1, 0.15) is 45.4 Å². The number of nitrogens with zero attached hydrogens (tertiary/aromatic N) is 1. The van der Waals surface area contributed by atoms with Crippen LogP contribution in [0, 0.1) is 0 Å². The van der Waals surface area contributed by atoms with Crippen LogP contribution in [0.5, 0.6) is 0 Å². The number of aliphatic imine (C=N–C) groups is 1. The SMILES string of the molecule is CCS(=O)C1CCCC(NC(=NC)NCC2(SC)CCOCC2)C1.I. The van der Waals surface area contributed by atoms with E-state index in [-0.39, 0.29) is 28.7 Å². The maximum absolute atomic E-state index is 12.1. The second-order valence-corrected chi connectivity index (χ2v) is 10.0. The van der Waals surface area contributed by atoms with E-state index in [9.17, 15) is 4.21 Å². The van der Waals surface area contributed by atoms with E-state index in [0.717, 1.165) is 70.0 Å². The smallest absolute Gasteiger partial charge is 0.191 e. The molecule has 2 aliphatic rings. The van der Waals surface area contributed by atoms with Crippen LogP contribution in [0.3, 0.4) is 0 Å². The minimum absolute atomic E-state index is 0. The fraction of sp³-hybridized carbons (Fsp3) is 0.941. The van der Waals surface area contributed by atoms with Crippen molar-refractivity contribution >= 4 is 52.5 Å². The summed E-state index contributed by atoms with van der Waals surface area (Å²) in [6, 6.07) is 0.380. The van der Waals surface area contributed by atoms with Crippen LogP contribution in [-0.4, -0.2) is 65.0 Å². The fourth-order valence-corrected chi connectivity index (χ4v) is 5.72. The summed E-state index contributed by atoms with van der Waals surface area (Å²) in [6.07, 6.45) is 8.73. The van der Waals surface area contributed by atoms with Crippen LogP contribution in [0.15, 0.2) is 4.99 Å². The highest BCUT2D eigenvalue weighted by atomic mass is 127. The molecule has 1 aliphatic carbocycles. The molecule has 8 heteroatoms. The van der Waals surface area contributed by atoms with Crippen molar-refractivity contribution < 1.29 is 8.95 Å². The molecule has 2 N–H and O–H groups in total. The first-order chi connectivity index (χ1) is 11.6. The molecule has 3 atom stereocenters. The lowest BCUT2D eigenvalue weighted by atomic mass is 9.95. The van der Waals surface area contributed by atoms with Crippen LogP contribution in [-0.2, 0) is 15.5 Å². The van der Waals surface area contributed by atoms with Gasteiger partial charge in [0, 0.05) is 59.4 Å². The molecule has 2 rings (SSSR count). The number of nitrogens with one attached hydrogen (secondary N) is 2. The van der Waals surface area contributed by atoms with E-state index in [1.807, 2.05) is 25.7 Å². The average molecular weight is 504 g/mol. The number of thioether (sulfide) groups is 1. The second kappa shape index (κ2) is 12.0. The zero-order valence-electron chi connectivity index (χ0n) is 15.7. The first-order valence-corrected chi connectivity index (χ1v) is 11.7. The van der Waals surface area contributed by atoms with Crippen molar-refractivity contribution in [2.24, 2.45) is 4.99 Å². The van der Waals surface area contributed by atoms with Gasteiger partial charge in [0.2, 0.25) is 0 Å². The van der Waals surface area contributed by atoms with Gasteiger partial charge in [0.25, 0.3) is 0 Å². The molecular weight excluding hydrogens is 469 g/mol. The maximum Gasteiger partial charge on any atom is 0.191 e. The van der Waals surface area contributed by atoms with Gasteiger partial charge in [-0.05, 0) is 38.4 Å². The van der Waals surface area contributed by atoms with E-state index in [1.54, 1.807) is 0 Å². The number of hydrogen-bond donors (Lipinski definition) is 2. The Balaban J connectivity index is 0.00000312. The van der Waals surface area contributed by atoms with E-state index in [1.165, 1.54) is 0 Å². The van der Waals surface area contributed by atoms with Crippen molar-refractivity contribution in [1.82, 2.24) is 10.6 Å². The molecule has 25 heavy (non-hydrogen) atoms. The van der Waals surface area contributed by atoms with Gasteiger partial charge in [0.15, 0.2) is 5.96 Å². The molecule has 1 saturated carbocycles. The highest BCUT2D eigenvalue weighted by Gasteiger charge is 2.32. The summed E-state index contributed by atoms with van der Waals surface area (Å²) in [5.41, 5.74) is 0. The Hall–Kier alpha value is 0.460. The molecule has 1 heterocycles. The van der Waals surface area contributed by atoms with Crippen molar-refractivity contribution in [3.8, 4) is 0 Å². The van der Waals surface area contributed by atoms with Crippen LogP contribution >= 0.6 is 35.7 Å².